The van der Waals surface area contributed by atoms with Crippen molar-refractivity contribution in [2.24, 2.45) is 0 Å². The third-order valence-electron chi connectivity index (χ3n) is 3.36. The number of fused-ring (bicyclic) bond motifs is 1. The van der Waals surface area contributed by atoms with Gasteiger partial charge in [-0.2, -0.15) is 0 Å². The molecule has 2 aromatic heterocycles. The van der Waals surface area contributed by atoms with Crippen LogP contribution >= 0.6 is 23.1 Å². The summed E-state index contributed by atoms with van der Waals surface area (Å²) >= 11 is 2.70. The van der Waals surface area contributed by atoms with Crippen molar-refractivity contribution < 1.29 is 18.7 Å². The molecule has 0 aliphatic rings. The van der Waals surface area contributed by atoms with Crippen molar-refractivity contribution in [1.29, 1.82) is 0 Å². The quantitative estimate of drug-likeness (QED) is 0.394. The standard InChI is InChI=1S/C17H14FN3O3S2/c1-10(15(23)21-13-5-3-2-4-12(13)18)24-14(22)8-26-17-11-6-7-25-16(11)19-9-20-17/h2-7,9-10H,8H2,1H3,(H,21,23)/t10-/m0/s1. The van der Waals surface area contributed by atoms with Crippen molar-refractivity contribution in [2.75, 3.05) is 11.1 Å². The molecule has 134 valence electrons. The predicted octanol–water partition coefficient (Wildman–Crippen LogP) is 3.49. The van der Waals surface area contributed by atoms with E-state index in [-0.39, 0.29) is 11.4 Å². The van der Waals surface area contributed by atoms with E-state index < -0.39 is 23.8 Å². The normalized spacial score (nSPS) is 11.9. The number of carbonyl (C=O) groups is 2. The average Bonchev–Trinajstić information content (AvgIpc) is 3.11. The predicted molar refractivity (Wildman–Crippen MR) is 98.7 cm³/mol. The molecular formula is C17H14FN3O3S2. The number of nitrogens with zero attached hydrogens (tertiary/aromatic N) is 2. The fraction of sp³-hybridized carbons (Fsp3) is 0.176. The zero-order valence-electron chi connectivity index (χ0n) is 13.6. The van der Waals surface area contributed by atoms with Crippen molar-refractivity contribution in [3.63, 3.8) is 0 Å². The van der Waals surface area contributed by atoms with E-state index in [0.29, 0.717) is 5.03 Å². The summed E-state index contributed by atoms with van der Waals surface area (Å²) in [7, 11) is 0. The first kappa shape index (κ1) is 18.3. The number of benzene rings is 1. The Hall–Kier alpha value is -2.52. The lowest BCUT2D eigenvalue weighted by atomic mass is 10.3. The Labute approximate surface area is 156 Å². The van der Waals surface area contributed by atoms with E-state index in [1.807, 2.05) is 11.4 Å². The number of hydrogen-bond donors (Lipinski definition) is 1. The fourth-order valence-corrected chi connectivity index (χ4v) is 3.65. The number of hydrogen-bond acceptors (Lipinski definition) is 7. The maximum Gasteiger partial charge on any atom is 0.317 e. The highest BCUT2D eigenvalue weighted by Gasteiger charge is 2.19. The van der Waals surface area contributed by atoms with E-state index in [0.717, 1.165) is 10.2 Å². The molecule has 0 unspecified atom stereocenters. The summed E-state index contributed by atoms with van der Waals surface area (Å²) in [5.41, 5.74) is 0.0376. The van der Waals surface area contributed by atoms with Gasteiger partial charge in [0.1, 0.15) is 22.0 Å². The summed E-state index contributed by atoms with van der Waals surface area (Å²) in [4.78, 5) is 33.2. The Balaban J connectivity index is 1.53. The van der Waals surface area contributed by atoms with Crippen molar-refractivity contribution in [3.8, 4) is 0 Å². The lowest BCUT2D eigenvalue weighted by Gasteiger charge is -2.13. The number of anilines is 1. The van der Waals surface area contributed by atoms with Crippen LogP contribution in [0.1, 0.15) is 6.92 Å². The Kier molecular flexibility index (Phi) is 5.79. The minimum Gasteiger partial charge on any atom is -0.452 e. The van der Waals surface area contributed by atoms with E-state index in [2.05, 4.69) is 15.3 Å². The second-order valence-electron chi connectivity index (χ2n) is 5.21. The van der Waals surface area contributed by atoms with Gasteiger partial charge < -0.3 is 10.1 Å². The van der Waals surface area contributed by atoms with Gasteiger partial charge in [0.05, 0.1) is 11.4 Å². The summed E-state index contributed by atoms with van der Waals surface area (Å²) in [5, 5.41) is 5.85. The third kappa shape index (κ3) is 4.36. The van der Waals surface area contributed by atoms with Gasteiger partial charge in [0.2, 0.25) is 0 Å². The van der Waals surface area contributed by atoms with Gasteiger partial charge in [0.15, 0.2) is 6.10 Å². The molecule has 1 atom stereocenters. The van der Waals surface area contributed by atoms with Crippen LogP contribution in [-0.2, 0) is 14.3 Å². The first-order valence-corrected chi connectivity index (χ1v) is 9.47. The maximum absolute atomic E-state index is 13.5. The Bertz CT molecular complexity index is 948. The summed E-state index contributed by atoms with van der Waals surface area (Å²) in [6, 6.07) is 7.66. The van der Waals surface area contributed by atoms with Crippen LogP contribution in [0.4, 0.5) is 10.1 Å². The highest BCUT2D eigenvalue weighted by atomic mass is 32.2. The molecule has 0 saturated heterocycles. The van der Waals surface area contributed by atoms with Crippen molar-refractivity contribution >= 4 is 50.9 Å². The first-order chi connectivity index (χ1) is 12.5. The highest BCUT2D eigenvalue weighted by Crippen LogP contribution is 2.27. The molecule has 2 heterocycles. The van der Waals surface area contributed by atoms with Crippen molar-refractivity contribution in [3.05, 3.63) is 47.9 Å². The third-order valence-corrected chi connectivity index (χ3v) is 5.16. The monoisotopic (exact) mass is 391 g/mol. The van der Waals surface area contributed by atoms with E-state index in [4.69, 9.17) is 4.74 Å². The molecule has 1 aromatic carbocycles. The number of ether oxygens (including phenoxy) is 1. The average molecular weight is 391 g/mol. The lowest BCUT2D eigenvalue weighted by molar-refractivity contribution is -0.150. The van der Waals surface area contributed by atoms with Crippen LogP contribution in [0.3, 0.4) is 0 Å². The molecule has 1 N–H and O–H groups in total. The molecule has 0 radical (unpaired) electrons. The van der Waals surface area contributed by atoms with Crippen molar-refractivity contribution in [1.82, 2.24) is 9.97 Å². The number of thioether (sulfide) groups is 1. The Morgan fingerprint density at radius 3 is 2.92 bits per heavy atom. The summed E-state index contributed by atoms with van der Waals surface area (Å²) in [5.74, 6) is -1.72. The number of thiophene rings is 1. The zero-order chi connectivity index (χ0) is 18.5. The molecule has 3 rings (SSSR count). The van der Waals surface area contributed by atoms with E-state index >= 15 is 0 Å². The van der Waals surface area contributed by atoms with Crippen LogP contribution in [0, 0.1) is 5.82 Å². The number of amides is 1. The van der Waals surface area contributed by atoms with Gasteiger partial charge in [0, 0.05) is 5.39 Å². The zero-order valence-corrected chi connectivity index (χ0v) is 15.3. The van der Waals surface area contributed by atoms with Gasteiger partial charge in [0.25, 0.3) is 5.91 Å². The second kappa shape index (κ2) is 8.24. The summed E-state index contributed by atoms with van der Waals surface area (Å²) in [6.45, 7) is 1.43. The Morgan fingerprint density at radius 1 is 1.31 bits per heavy atom. The molecule has 1 amide bonds. The molecule has 0 bridgehead atoms. The number of esters is 1. The minimum absolute atomic E-state index is 0.000716. The van der Waals surface area contributed by atoms with Crippen LogP contribution in [-0.4, -0.2) is 33.7 Å². The fourth-order valence-electron chi connectivity index (χ4n) is 2.09. The number of halogens is 1. The molecule has 0 fully saturated rings. The van der Waals surface area contributed by atoms with Crippen LogP contribution < -0.4 is 5.32 Å². The number of rotatable bonds is 6. The van der Waals surface area contributed by atoms with Gasteiger partial charge in [-0.05, 0) is 30.5 Å². The van der Waals surface area contributed by atoms with Crippen LogP contribution in [0.25, 0.3) is 10.2 Å². The van der Waals surface area contributed by atoms with Crippen molar-refractivity contribution in [2.45, 2.75) is 18.1 Å². The molecular weight excluding hydrogens is 377 g/mol. The SMILES string of the molecule is C[C@H](OC(=O)CSc1ncnc2sccc12)C(=O)Nc1ccccc1F. The van der Waals surface area contributed by atoms with Gasteiger partial charge in [-0.25, -0.2) is 14.4 Å². The Morgan fingerprint density at radius 2 is 2.12 bits per heavy atom. The molecule has 26 heavy (non-hydrogen) atoms. The largest absolute Gasteiger partial charge is 0.452 e. The second-order valence-corrected chi connectivity index (χ2v) is 7.07. The van der Waals surface area contributed by atoms with E-state index in [9.17, 15) is 14.0 Å². The van der Waals surface area contributed by atoms with Gasteiger partial charge in [-0.1, -0.05) is 23.9 Å². The smallest absolute Gasteiger partial charge is 0.317 e. The van der Waals surface area contributed by atoms with E-state index in [1.165, 1.54) is 54.5 Å². The molecule has 6 nitrogen and oxygen atoms in total. The number of nitrogens with one attached hydrogen (secondary N) is 1. The van der Waals surface area contributed by atoms with Gasteiger partial charge >= 0.3 is 5.97 Å². The minimum atomic E-state index is -1.05. The van der Waals surface area contributed by atoms with E-state index in [1.54, 1.807) is 6.07 Å². The number of carbonyl (C=O) groups excluding carboxylic acids is 2. The molecule has 0 spiro atoms. The number of para-hydroxylation sites is 1. The van der Waals surface area contributed by atoms with Gasteiger partial charge in [-0.15, -0.1) is 11.3 Å². The topological polar surface area (TPSA) is 81.2 Å². The lowest BCUT2D eigenvalue weighted by Crippen LogP contribution is -2.30. The summed E-state index contributed by atoms with van der Waals surface area (Å²) < 4.78 is 18.7. The molecule has 3 aromatic rings. The van der Waals surface area contributed by atoms with Gasteiger partial charge in [-0.3, -0.25) is 9.59 Å². The highest BCUT2D eigenvalue weighted by molar-refractivity contribution is 8.00. The molecule has 0 aliphatic heterocycles. The van der Waals surface area contributed by atoms with Crippen LogP contribution in [0.5, 0.6) is 0 Å². The summed E-state index contributed by atoms with van der Waals surface area (Å²) in [6.07, 6.45) is 0.394. The first-order valence-electron chi connectivity index (χ1n) is 7.60. The van der Waals surface area contributed by atoms with Crippen LogP contribution in [0.2, 0.25) is 0 Å². The number of aromatic nitrogens is 2. The molecule has 0 saturated carbocycles. The molecule has 9 heteroatoms. The van der Waals surface area contributed by atoms with Crippen LogP contribution in [0.15, 0.2) is 47.1 Å². The maximum atomic E-state index is 13.5. The molecule has 0 aliphatic carbocycles.